The van der Waals surface area contributed by atoms with Gasteiger partial charge in [0.2, 0.25) is 0 Å². The first-order valence-electron chi connectivity index (χ1n) is 11.9. The summed E-state index contributed by atoms with van der Waals surface area (Å²) in [5.41, 5.74) is 0.641. The first-order chi connectivity index (χ1) is 15.1. The van der Waals surface area contributed by atoms with Gasteiger partial charge in [0.05, 0.1) is 16.9 Å². The molecule has 2 aromatic rings. The predicted octanol–water partition coefficient (Wildman–Crippen LogP) is 3.77. The standard InChI is InChI=1S/C23H32N4O3S/c28-23-19-12-5-6-13-20(19)24-22(27(23)18-10-3-4-11-18)21-14-9-17-26(21)31(29,30)25-15-7-1-2-8-16-25/h5-6,12-13,18,21H,1-4,7-11,14-17H2. The Balaban J connectivity index is 1.60. The van der Waals surface area contributed by atoms with Crippen molar-refractivity contribution in [1.29, 1.82) is 0 Å². The normalized spacial score (nSPS) is 24.7. The molecule has 1 aromatic carbocycles. The van der Waals surface area contributed by atoms with Crippen LogP contribution in [-0.2, 0) is 10.2 Å². The molecule has 2 aliphatic heterocycles. The monoisotopic (exact) mass is 444 g/mol. The second-order valence-corrected chi connectivity index (χ2v) is 11.1. The molecule has 7 nitrogen and oxygen atoms in total. The van der Waals surface area contributed by atoms with E-state index in [9.17, 15) is 13.2 Å². The molecule has 0 amide bonds. The van der Waals surface area contributed by atoms with Crippen molar-refractivity contribution in [2.24, 2.45) is 0 Å². The highest BCUT2D eigenvalue weighted by Crippen LogP contribution is 2.38. The maximum atomic E-state index is 13.6. The molecule has 0 bridgehead atoms. The summed E-state index contributed by atoms with van der Waals surface area (Å²) >= 11 is 0. The summed E-state index contributed by atoms with van der Waals surface area (Å²) in [6.07, 6.45) is 9.63. The first kappa shape index (κ1) is 21.1. The van der Waals surface area contributed by atoms with Crippen molar-refractivity contribution >= 4 is 21.1 Å². The van der Waals surface area contributed by atoms with Gasteiger partial charge in [-0.2, -0.15) is 17.0 Å². The number of hydrogen-bond acceptors (Lipinski definition) is 4. The van der Waals surface area contributed by atoms with Crippen LogP contribution in [0.4, 0.5) is 0 Å². The van der Waals surface area contributed by atoms with Crippen molar-refractivity contribution < 1.29 is 8.42 Å². The van der Waals surface area contributed by atoms with Gasteiger partial charge in [-0.1, -0.05) is 37.8 Å². The zero-order chi connectivity index (χ0) is 21.4. The largest absolute Gasteiger partial charge is 0.292 e. The van der Waals surface area contributed by atoms with Crippen LogP contribution in [0.2, 0.25) is 0 Å². The molecular weight excluding hydrogens is 412 g/mol. The minimum absolute atomic E-state index is 0.0217. The third-order valence-corrected chi connectivity index (χ3v) is 9.26. The zero-order valence-corrected chi connectivity index (χ0v) is 18.9. The molecule has 31 heavy (non-hydrogen) atoms. The van der Waals surface area contributed by atoms with Gasteiger partial charge in [0, 0.05) is 25.7 Å². The number of fused-ring (bicyclic) bond motifs is 1. The molecule has 1 aliphatic carbocycles. The number of benzene rings is 1. The Morgan fingerprint density at radius 3 is 2.29 bits per heavy atom. The van der Waals surface area contributed by atoms with Crippen molar-refractivity contribution in [3.63, 3.8) is 0 Å². The Morgan fingerprint density at radius 1 is 0.839 bits per heavy atom. The molecule has 8 heteroatoms. The average molecular weight is 445 g/mol. The van der Waals surface area contributed by atoms with Crippen molar-refractivity contribution in [3.05, 3.63) is 40.4 Å². The predicted molar refractivity (Wildman–Crippen MR) is 121 cm³/mol. The number of aromatic nitrogens is 2. The van der Waals surface area contributed by atoms with E-state index in [2.05, 4.69) is 0 Å². The van der Waals surface area contributed by atoms with Crippen LogP contribution in [0.15, 0.2) is 29.1 Å². The van der Waals surface area contributed by atoms with E-state index < -0.39 is 10.2 Å². The fraction of sp³-hybridized carbons (Fsp3) is 0.652. The molecule has 3 aliphatic rings. The first-order valence-corrected chi connectivity index (χ1v) is 13.2. The fourth-order valence-corrected chi connectivity index (χ4v) is 7.51. The summed E-state index contributed by atoms with van der Waals surface area (Å²) < 4.78 is 32.4. The molecule has 1 unspecified atom stereocenters. The Bertz CT molecular complexity index is 1100. The third-order valence-electron chi connectivity index (χ3n) is 7.21. The van der Waals surface area contributed by atoms with Gasteiger partial charge in [-0.05, 0) is 50.7 Å². The van der Waals surface area contributed by atoms with Crippen LogP contribution < -0.4 is 5.56 Å². The summed E-state index contributed by atoms with van der Waals surface area (Å²) in [6, 6.07) is 7.20. The number of nitrogens with zero attached hydrogens (tertiary/aromatic N) is 4. The van der Waals surface area contributed by atoms with Crippen LogP contribution in [0.5, 0.6) is 0 Å². The van der Waals surface area contributed by atoms with Gasteiger partial charge >= 0.3 is 0 Å². The van der Waals surface area contributed by atoms with Crippen LogP contribution >= 0.6 is 0 Å². The summed E-state index contributed by atoms with van der Waals surface area (Å²) in [5.74, 6) is 0.645. The van der Waals surface area contributed by atoms with Gasteiger partial charge in [-0.15, -0.1) is 0 Å². The van der Waals surface area contributed by atoms with Gasteiger partial charge in [0.15, 0.2) is 0 Å². The van der Waals surface area contributed by atoms with Gasteiger partial charge in [-0.25, -0.2) is 4.98 Å². The molecule has 3 heterocycles. The lowest BCUT2D eigenvalue weighted by atomic mass is 10.1. The molecule has 1 saturated carbocycles. The van der Waals surface area contributed by atoms with E-state index in [-0.39, 0.29) is 17.6 Å². The smallest absolute Gasteiger partial charge is 0.282 e. The highest BCUT2D eigenvalue weighted by Gasteiger charge is 2.41. The highest BCUT2D eigenvalue weighted by molar-refractivity contribution is 7.86. The van der Waals surface area contributed by atoms with E-state index >= 15 is 0 Å². The van der Waals surface area contributed by atoms with Crippen LogP contribution in [-0.4, -0.2) is 46.2 Å². The topological polar surface area (TPSA) is 75.5 Å². The van der Waals surface area contributed by atoms with Crippen LogP contribution in [0.1, 0.15) is 82.1 Å². The van der Waals surface area contributed by atoms with Crippen molar-refractivity contribution in [3.8, 4) is 0 Å². The average Bonchev–Trinajstić information content (AvgIpc) is 3.40. The minimum atomic E-state index is -3.58. The summed E-state index contributed by atoms with van der Waals surface area (Å²) in [7, 11) is -3.58. The fourth-order valence-electron chi connectivity index (χ4n) is 5.61. The quantitative estimate of drug-likeness (QED) is 0.719. The molecule has 5 rings (SSSR count). The van der Waals surface area contributed by atoms with Crippen LogP contribution in [0.3, 0.4) is 0 Å². The van der Waals surface area contributed by atoms with Crippen molar-refractivity contribution in [1.82, 2.24) is 18.2 Å². The summed E-state index contributed by atoms with van der Waals surface area (Å²) in [6.45, 7) is 1.68. The molecular formula is C23H32N4O3S. The summed E-state index contributed by atoms with van der Waals surface area (Å²) in [5, 5.41) is 0.623. The maximum absolute atomic E-state index is 13.6. The van der Waals surface area contributed by atoms with E-state index in [0.29, 0.717) is 42.8 Å². The van der Waals surface area contributed by atoms with E-state index in [1.165, 1.54) is 0 Å². The molecule has 1 aromatic heterocycles. The number of hydrogen-bond donors (Lipinski definition) is 0. The Labute approximate surface area is 184 Å². The van der Waals surface area contributed by atoms with E-state index in [0.717, 1.165) is 57.8 Å². The Morgan fingerprint density at radius 2 is 1.55 bits per heavy atom. The number of rotatable bonds is 4. The van der Waals surface area contributed by atoms with Crippen molar-refractivity contribution in [2.45, 2.75) is 76.3 Å². The summed E-state index contributed by atoms with van der Waals surface area (Å²) in [4.78, 5) is 18.5. The van der Waals surface area contributed by atoms with E-state index in [1.807, 2.05) is 28.8 Å². The van der Waals surface area contributed by atoms with Gasteiger partial charge in [-0.3, -0.25) is 9.36 Å². The maximum Gasteiger partial charge on any atom is 0.282 e. The molecule has 2 saturated heterocycles. The third kappa shape index (κ3) is 3.83. The molecule has 168 valence electrons. The second kappa shape index (κ2) is 8.64. The van der Waals surface area contributed by atoms with Gasteiger partial charge < -0.3 is 0 Å². The Hall–Kier alpha value is -1.77. The minimum Gasteiger partial charge on any atom is -0.292 e. The van der Waals surface area contributed by atoms with Crippen LogP contribution in [0.25, 0.3) is 10.9 Å². The van der Waals surface area contributed by atoms with Gasteiger partial charge in [0.25, 0.3) is 15.8 Å². The van der Waals surface area contributed by atoms with E-state index in [1.54, 1.807) is 8.61 Å². The molecule has 0 spiro atoms. The number of para-hydroxylation sites is 1. The Kier molecular flexibility index (Phi) is 5.88. The van der Waals surface area contributed by atoms with Gasteiger partial charge in [0.1, 0.15) is 5.82 Å². The van der Waals surface area contributed by atoms with E-state index in [4.69, 9.17) is 4.98 Å². The van der Waals surface area contributed by atoms with Crippen molar-refractivity contribution in [2.75, 3.05) is 19.6 Å². The molecule has 0 N–H and O–H groups in total. The highest BCUT2D eigenvalue weighted by atomic mass is 32.2. The second-order valence-electron chi connectivity index (χ2n) is 9.19. The lowest BCUT2D eigenvalue weighted by molar-refractivity contribution is 0.311. The SMILES string of the molecule is O=c1c2ccccc2nc(C2CCCN2S(=O)(=O)N2CCCCCC2)n1C1CCCC1. The van der Waals surface area contributed by atoms with Crippen LogP contribution in [0, 0.1) is 0 Å². The molecule has 3 fully saturated rings. The lowest BCUT2D eigenvalue weighted by Gasteiger charge is -2.32. The zero-order valence-electron chi connectivity index (χ0n) is 18.1. The molecule has 1 atom stereocenters. The lowest BCUT2D eigenvalue weighted by Crippen LogP contribution is -2.45. The molecule has 0 radical (unpaired) electrons.